The minimum Gasteiger partial charge on any atom is -0.449 e. The maximum Gasteiger partial charge on any atom is 0.341 e. The highest BCUT2D eigenvalue weighted by molar-refractivity contribution is 6.30. The number of ether oxygens (including phenoxy) is 1. The first-order valence-corrected chi connectivity index (χ1v) is 7.43. The van der Waals surface area contributed by atoms with Crippen LogP contribution in [0.25, 0.3) is 0 Å². The summed E-state index contributed by atoms with van der Waals surface area (Å²) in [6.07, 6.45) is -0.928. The summed E-state index contributed by atoms with van der Waals surface area (Å²) < 4.78 is 5.22. The van der Waals surface area contributed by atoms with Crippen LogP contribution in [0.3, 0.4) is 0 Å². The lowest BCUT2D eigenvalue weighted by molar-refractivity contribution is -0.123. The van der Waals surface area contributed by atoms with Crippen molar-refractivity contribution in [3.63, 3.8) is 0 Å². The van der Waals surface area contributed by atoms with Gasteiger partial charge in [-0.25, -0.2) is 4.79 Å². The first-order chi connectivity index (χ1) is 11.0. The van der Waals surface area contributed by atoms with E-state index in [1.54, 1.807) is 55.6 Å². The Morgan fingerprint density at radius 3 is 2.39 bits per heavy atom. The van der Waals surface area contributed by atoms with Crippen molar-refractivity contribution in [2.24, 2.45) is 0 Å². The Bertz CT molecular complexity index is 701. The molecular formula is C17H17ClN2O3. The van der Waals surface area contributed by atoms with E-state index < -0.39 is 18.0 Å². The number of anilines is 2. The van der Waals surface area contributed by atoms with E-state index in [2.05, 4.69) is 10.6 Å². The van der Waals surface area contributed by atoms with Crippen molar-refractivity contribution in [3.8, 4) is 0 Å². The van der Waals surface area contributed by atoms with Gasteiger partial charge in [0, 0.05) is 23.4 Å². The van der Waals surface area contributed by atoms with Gasteiger partial charge in [0.15, 0.2) is 6.10 Å². The molecule has 1 amide bonds. The molecule has 0 unspecified atom stereocenters. The molecule has 5 nitrogen and oxygen atoms in total. The first-order valence-electron chi connectivity index (χ1n) is 7.05. The fourth-order valence-corrected chi connectivity index (χ4v) is 2.06. The molecule has 1 atom stereocenters. The quantitative estimate of drug-likeness (QED) is 0.821. The lowest BCUT2D eigenvalue weighted by Crippen LogP contribution is -2.30. The molecule has 2 aromatic carbocycles. The number of hydrogen-bond donors (Lipinski definition) is 2. The highest BCUT2D eigenvalue weighted by Crippen LogP contribution is 2.17. The number of nitrogens with one attached hydrogen (secondary N) is 2. The van der Waals surface area contributed by atoms with E-state index in [-0.39, 0.29) is 0 Å². The monoisotopic (exact) mass is 332 g/mol. The van der Waals surface area contributed by atoms with E-state index in [0.29, 0.717) is 22.0 Å². The Hall–Kier alpha value is -2.53. The van der Waals surface area contributed by atoms with E-state index in [1.807, 2.05) is 0 Å². The molecule has 6 heteroatoms. The fraction of sp³-hybridized carbons (Fsp3) is 0.176. The third-order valence-corrected chi connectivity index (χ3v) is 3.43. The lowest BCUT2D eigenvalue weighted by Gasteiger charge is -2.15. The van der Waals surface area contributed by atoms with Crippen LogP contribution in [0.1, 0.15) is 17.3 Å². The SMILES string of the molecule is CNc1ccccc1C(=O)O[C@H](C)C(=O)Nc1ccc(Cl)cc1. The first kappa shape index (κ1) is 16.8. The number of carbonyl (C=O) groups excluding carboxylic acids is 2. The minimum atomic E-state index is -0.928. The topological polar surface area (TPSA) is 67.4 Å². The van der Waals surface area contributed by atoms with Crippen LogP contribution in [0, 0.1) is 0 Å². The molecule has 0 heterocycles. The average molecular weight is 333 g/mol. The second kappa shape index (κ2) is 7.65. The summed E-state index contributed by atoms with van der Waals surface area (Å²) in [4.78, 5) is 24.3. The van der Waals surface area contributed by atoms with Gasteiger partial charge in [0.2, 0.25) is 0 Å². The van der Waals surface area contributed by atoms with Gasteiger partial charge < -0.3 is 15.4 Å². The molecule has 0 aromatic heterocycles. The number of amides is 1. The van der Waals surface area contributed by atoms with Crippen molar-refractivity contribution in [1.82, 2.24) is 0 Å². The van der Waals surface area contributed by atoms with Gasteiger partial charge >= 0.3 is 5.97 Å². The highest BCUT2D eigenvalue weighted by atomic mass is 35.5. The predicted molar refractivity (Wildman–Crippen MR) is 90.9 cm³/mol. The number of rotatable bonds is 5. The number of carbonyl (C=O) groups is 2. The van der Waals surface area contributed by atoms with Gasteiger partial charge in [0.05, 0.1) is 5.56 Å². The Morgan fingerprint density at radius 1 is 1.09 bits per heavy atom. The number of benzene rings is 2. The highest BCUT2D eigenvalue weighted by Gasteiger charge is 2.20. The van der Waals surface area contributed by atoms with Crippen molar-refractivity contribution in [1.29, 1.82) is 0 Å². The molecule has 0 saturated heterocycles. The second-order valence-corrected chi connectivity index (χ2v) is 5.28. The molecule has 0 spiro atoms. The van der Waals surface area contributed by atoms with Crippen LogP contribution in [0.2, 0.25) is 5.02 Å². The van der Waals surface area contributed by atoms with Gasteiger partial charge in [-0.1, -0.05) is 23.7 Å². The molecule has 2 rings (SSSR count). The van der Waals surface area contributed by atoms with Crippen LogP contribution in [-0.4, -0.2) is 25.0 Å². The average Bonchev–Trinajstić information content (AvgIpc) is 2.56. The van der Waals surface area contributed by atoms with Crippen molar-refractivity contribution in [3.05, 3.63) is 59.1 Å². The number of hydrogen-bond acceptors (Lipinski definition) is 4. The maximum absolute atomic E-state index is 12.2. The Balaban J connectivity index is 2.00. The van der Waals surface area contributed by atoms with Gasteiger partial charge in [-0.05, 0) is 43.3 Å². The molecule has 0 aliphatic heterocycles. The third-order valence-electron chi connectivity index (χ3n) is 3.18. The maximum atomic E-state index is 12.2. The second-order valence-electron chi connectivity index (χ2n) is 4.84. The Morgan fingerprint density at radius 2 is 1.74 bits per heavy atom. The van der Waals surface area contributed by atoms with Crippen LogP contribution in [0.4, 0.5) is 11.4 Å². The van der Waals surface area contributed by atoms with E-state index in [0.717, 1.165) is 0 Å². The van der Waals surface area contributed by atoms with Crippen molar-refractivity contribution < 1.29 is 14.3 Å². The van der Waals surface area contributed by atoms with Crippen molar-refractivity contribution in [2.75, 3.05) is 17.7 Å². The van der Waals surface area contributed by atoms with Gasteiger partial charge in [0.1, 0.15) is 0 Å². The predicted octanol–water partition coefficient (Wildman–Crippen LogP) is 3.57. The number of halogens is 1. The van der Waals surface area contributed by atoms with Gasteiger partial charge in [-0.3, -0.25) is 4.79 Å². The molecule has 0 aliphatic carbocycles. The van der Waals surface area contributed by atoms with Crippen LogP contribution in [-0.2, 0) is 9.53 Å². The molecule has 0 aliphatic rings. The Kier molecular flexibility index (Phi) is 5.60. The van der Waals surface area contributed by atoms with Crippen LogP contribution >= 0.6 is 11.6 Å². The zero-order valence-electron chi connectivity index (χ0n) is 12.8. The zero-order valence-corrected chi connectivity index (χ0v) is 13.6. The summed E-state index contributed by atoms with van der Waals surface area (Å²) in [6, 6.07) is 13.6. The van der Waals surface area contributed by atoms with Crippen LogP contribution in [0.5, 0.6) is 0 Å². The van der Waals surface area contributed by atoms with Crippen LogP contribution < -0.4 is 10.6 Å². The lowest BCUT2D eigenvalue weighted by atomic mass is 10.2. The van der Waals surface area contributed by atoms with E-state index >= 15 is 0 Å². The van der Waals surface area contributed by atoms with Gasteiger partial charge in [-0.2, -0.15) is 0 Å². The van der Waals surface area contributed by atoms with E-state index in [1.165, 1.54) is 6.92 Å². The van der Waals surface area contributed by atoms with Gasteiger partial charge in [0.25, 0.3) is 5.91 Å². The standard InChI is InChI=1S/C17H17ClN2O3/c1-11(16(21)20-13-9-7-12(18)8-10-13)23-17(22)14-5-3-4-6-15(14)19-2/h3-11,19H,1-2H3,(H,20,21)/t11-/m1/s1. The molecular weight excluding hydrogens is 316 g/mol. The summed E-state index contributed by atoms with van der Waals surface area (Å²) in [6.45, 7) is 1.52. The van der Waals surface area contributed by atoms with E-state index in [4.69, 9.17) is 16.3 Å². The molecule has 2 aromatic rings. The fourth-order valence-electron chi connectivity index (χ4n) is 1.93. The molecule has 0 radical (unpaired) electrons. The van der Waals surface area contributed by atoms with Crippen molar-refractivity contribution >= 4 is 34.9 Å². The summed E-state index contributed by atoms with van der Waals surface area (Å²) in [7, 11) is 1.71. The summed E-state index contributed by atoms with van der Waals surface area (Å²) >= 11 is 5.79. The number of para-hydroxylation sites is 1. The minimum absolute atomic E-state index is 0.376. The third kappa shape index (κ3) is 4.47. The summed E-state index contributed by atoms with van der Waals surface area (Å²) in [5, 5.41) is 6.15. The smallest absolute Gasteiger partial charge is 0.341 e. The van der Waals surface area contributed by atoms with Crippen molar-refractivity contribution in [2.45, 2.75) is 13.0 Å². The molecule has 120 valence electrons. The number of esters is 1. The summed E-state index contributed by atoms with van der Waals surface area (Å²) in [5.74, 6) is -0.976. The van der Waals surface area contributed by atoms with E-state index in [9.17, 15) is 9.59 Å². The normalized spacial score (nSPS) is 11.4. The molecule has 2 N–H and O–H groups in total. The molecule has 0 saturated carbocycles. The molecule has 0 fully saturated rings. The molecule has 0 bridgehead atoms. The zero-order chi connectivity index (χ0) is 16.8. The summed E-state index contributed by atoms with van der Waals surface area (Å²) in [5.41, 5.74) is 1.60. The largest absolute Gasteiger partial charge is 0.449 e. The molecule has 23 heavy (non-hydrogen) atoms. The Labute approximate surface area is 139 Å². The van der Waals surface area contributed by atoms with Gasteiger partial charge in [-0.15, -0.1) is 0 Å². The van der Waals surface area contributed by atoms with Crippen LogP contribution in [0.15, 0.2) is 48.5 Å².